The number of fused-ring (bicyclic) bond motifs is 1. The van der Waals surface area contributed by atoms with Crippen LogP contribution in [0.4, 0.5) is 5.69 Å². The molecule has 0 fully saturated rings. The Labute approximate surface area is 151 Å². The molecular formula is C19H20N2OS2. The highest BCUT2D eigenvalue weighted by Crippen LogP contribution is 2.28. The van der Waals surface area contributed by atoms with E-state index in [0.29, 0.717) is 5.11 Å². The number of thioether (sulfide) groups is 1. The Morgan fingerprint density at radius 2 is 1.92 bits per heavy atom. The lowest BCUT2D eigenvalue weighted by atomic mass is 10.1. The quantitative estimate of drug-likeness (QED) is 0.472. The van der Waals surface area contributed by atoms with Gasteiger partial charge in [0.2, 0.25) is 0 Å². The molecule has 0 amide bonds. The van der Waals surface area contributed by atoms with Crippen molar-refractivity contribution in [2.45, 2.75) is 6.42 Å². The number of hydrogen-bond acceptors (Lipinski definition) is 3. The summed E-state index contributed by atoms with van der Waals surface area (Å²) in [7, 11) is 0. The molecule has 0 unspecified atom stereocenters. The van der Waals surface area contributed by atoms with Gasteiger partial charge in [0.15, 0.2) is 5.11 Å². The maximum absolute atomic E-state index is 5.89. The van der Waals surface area contributed by atoms with Crippen LogP contribution < -0.4 is 10.6 Å². The van der Waals surface area contributed by atoms with Crippen LogP contribution in [-0.4, -0.2) is 23.7 Å². The van der Waals surface area contributed by atoms with E-state index in [1.165, 1.54) is 0 Å². The summed E-state index contributed by atoms with van der Waals surface area (Å²) in [4.78, 5) is 0. The van der Waals surface area contributed by atoms with Crippen LogP contribution in [0.1, 0.15) is 6.42 Å². The Morgan fingerprint density at radius 1 is 1.12 bits per heavy atom. The van der Waals surface area contributed by atoms with Crippen molar-refractivity contribution in [2.75, 3.05) is 23.9 Å². The summed E-state index contributed by atoms with van der Waals surface area (Å²) < 4.78 is 5.89. The predicted octanol–water partition coefficient (Wildman–Crippen LogP) is 5.14. The van der Waals surface area contributed by atoms with Gasteiger partial charge in [0.1, 0.15) is 11.3 Å². The van der Waals surface area contributed by atoms with Gasteiger partial charge in [0.05, 0.1) is 0 Å². The molecule has 0 aliphatic rings. The van der Waals surface area contributed by atoms with Crippen LogP contribution in [-0.2, 0) is 0 Å². The van der Waals surface area contributed by atoms with Gasteiger partial charge in [-0.2, -0.15) is 11.8 Å². The number of nitrogens with one attached hydrogen (secondary N) is 2. The minimum atomic E-state index is 0.660. The van der Waals surface area contributed by atoms with Crippen molar-refractivity contribution in [3.63, 3.8) is 0 Å². The molecule has 5 heteroatoms. The first-order valence-corrected chi connectivity index (χ1v) is 9.69. The van der Waals surface area contributed by atoms with Crippen molar-refractivity contribution in [1.29, 1.82) is 0 Å². The third kappa shape index (κ3) is 4.30. The van der Waals surface area contributed by atoms with Gasteiger partial charge in [-0.15, -0.1) is 0 Å². The van der Waals surface area contributed by atoms with E-state index in [-0.39, 0.29) is 0 Å². The second kappa shape index (κ2) is 8.22. The summed E-state index contributed by atoms with van der Waals surface area (Å²) in [5.41, 5.74) is 2.93. The normalized spacial score (nSPS) is 10.7. The molecular weight excluding hydrogens is 336 g/mol. The van der Waals surface area contributed by atoms with Gasteiger partial charge in [-0.05, 0) is 67.0 Å². The van der Waals surface area contributed by atoms with Gasteiger partial charge in [-0.3, -0.25) is 0 Å². The molecule has 0 bridgehead atoms. The van der Waals surface area contributed by atoms with E-state index in [1.54, 1.807) is 0 Å². The summed E-state index contributed by atoms with van der Waals surface area (Å²) >= 11 is 7.15. The standard InChI is InChI=1S/C19H20N2OS2/c1-24-12-4-11-20-19(23)21-16-9-7-14(8-10-16)18-13-15-5-2-3-6-17(15)22-18/h2-3,5-10,13H,4,11-12H2,1H3,(H2,20,21,23). The lowest BCUT2D eigenvalue weighted by molar-refractivity contribution is 0.631. The van der Waals surface area contributed by atoms with E-state index in [0.717, 1.165) is 46.7 Å². The molecule has 0 radical (unpaired) electrons. The van der Waals surface area contributed by atoms with Crippen molar-refractivity contribution in [3.05, 3.63) is 54.6 Å². The van der Waals surface area contributed by atoms with Gasteiger partial charge in [0.25, 0.3) is 0 Å². The molecule has 0 aliphatic heterocycles. The van der Waals surface area contributed by atoms with Crippen LogP contribution in [0.5, 0.6) is 0 Å². The monoisotopic (exact) mass is 356 g/mol. The van der Waals surface area contributed by atoms with Gasteiger partial charge in [0, 0.05) is 23.2 Å². The van der Waals surface area contributed by atoms with Crippen LogP contribution >= 0.6 is 24.0 Å². The first-order chi connectivity index (χ1) is 11.8. The highest BCUT2D eigenvalue weighted by Gasteiger charge is 2.06. The topological polar surface area (TPSA) is 37.2 Å². The molecule has 3 aromatic rings. The van der Waals surface area contributed by atoms with Crippen molar-refractivity contribution >= 4 is 45.7 Å². The summed E-state index contributed by atoms with van der Waals surface area (Å²) in [6.45, 7) is 0.893. The Kier molecular flexibility index (Phi) is 5.77. The molecule has 0 spiro atoms. The van der Waals surface area contributed by atoms with E-state index < -0.39 is 0 Å². The van der Waals surface area contributed by atoms with Crippen LogP contribution in [0.25, 0.3) is 22.3 Å². The summed E-state index contributed by atoms with van der Waals surface area (Å²) in [6.07, 6.45) is 3.22. The number of rotatable bonds is 6. The molecule has 0 saturated carbocycles. The van der Waals surface area contributed by atoms with Crippen LogP contribution in [0.3, 0.4) is 0 Å². The van der Waals surface area contributed by atoms with Gasteiger partial charge < -0.3 is 15.1 Å². The number of para-hydroxylation sites is 1. The average Bonchev–Trinajstić information content (AvgIpc) is 3.03. The summed E-state index contributed by atoms with van der Waals surface area (Å²) in [6, 6.07) is 18.2. The third-order valence-corrected chi connectivity index (χ3v) is 4.61. The zero-order chi connectivity index (χ0) is 16.8. The molecule has 2 aromatic carbocycles. The first kappa shape index (κ1) is 16.9. The SMILES string of the molecule is CSCCCNC(=S)Nc1ccc(-c2cc3ccccc3o2)cc1. The number of hydrogen-bond donors (Lipinski definition) is 2. The Hall–Kier alpha value is -1.98. The van der Waals surface area contributed by atoms with E-state index in [4.69, 9.17) is 16.6 Å². The first-order valence-electron chi connectivity index (χ1n) is 7.89. The average molecular weight is 357 g/mol. The summed E-state index contributed by atoms with van der Waals surface area (Å²) in [5.74, 6) is 2.02. The highest BCUT2D eigenvalue weighted by molar-refractivity contribution is 7.98. The number of thiocarbonyl (C=S) groups is 1. The van der Waals surface area contributed by atoms with Gasteiger partial charge >= 0.3 is 0 Å². The van der Waals surface area contributed by atoms with Crippen molar-refractivity contribution in [1.82, 2.24) is 5.32 Å². The zero-order valence-electron chi connectivity index (χ0n) is 13.5. The highest BCUT2D eigenvalue weighted by atomic mass is 32.2. The van der Waals surface area contributed by atoms with Crippen molar-refractivity contribution in [3.8, 4) is 11.3 Å². The van der Waals surface area contributed by atoms with Crippen LogP contribution in [0.15, 0.2) is 59.0 Å². The van der Waals surface area contributed by atoms with E-state index in [2.05, 4.69) is 29.0 Å². The molecule has 0 aliphatic carbocycles. The Morgan fingerprint density at radius 3 is 2.67 bits per heavy atom. The minimum Gasteiger partial charge on any atom is -0.456 e. The molecule has 1 heterocycles. The minimum absolute atomic E-state index is 0.660. The lowest BCUT2D eigenvalue weighted by Gasteiger charge is -2.10. The zero-order valence-corrected chi connectivity index (χ0v) is 15.2. The third-order valence-electron chi connectivity index (χ3n) is 3.66. The van der Waals surface area contributed by atoms with E-state index >= 15 is 0 Å². The Bertz CT molecular complexity index is 779. The number of benzene rings is 2. The van der Waals surface area contributed by atoms with E-state index in [1.807, 2.05) is 54.2 Å². The maximum Gasteiger partial charge on any atom is 0.170 e. The predicted molar refractivity (Wildman–Crippen MR) is 109 cm³/mol. The van der Waals surface area contributed by atoms with Crippen molar-refractivity contribution < 1.29 is 4.42 Å². The van der Waals surface area contributed by atoms with Crippen molar-refractivity contribution in [2.24, 2.45) is 0 Å². The fraction of sp³-hybridized carbons (Fsp3) is 0.211. The molecule has 124 valence electrons. The second-order valence-electron chi connectivity index (χ2n) is 5.45. The lowest BCUT2D eigenvalue weighted by Crippen LogP contribution is -2.29. The second-order valence-corrected chi connectivity index (χ2v) is 6.85. The number of furan rings is 1. The molecule has 3 nitrogen and oxygen atoms in total. The molecule has 24 heavy (non-hydrogen) atoms. The largest absolute Gasteiger partial charge is 0.456 e. The van der Waals surface area contributed by atoms with Crippen LogP contribution in [0.2, 0.25) is 0 Å². The molecule has 0 atom stereocenters. The van der Waals surface area contributed by atoms with Gasteiger partial charge in [-0.25, -0.2) is 0 Å². The summed E-state index contributed by atoms with van der Waals surface area (Å²) in [5, 5.41) is 8.20. The smallest absolute Gasteiger partial charge is 0.170 e. The molecule has 1 aromatic heterocycles. The Balaban J connectivity index is 1.61. The fourth-order valence-corrected chi connectivity index (χ4v) is 3.09. The van der Waals surface area contributed by atoms with Crippen LogP contribution in [0, 0.1) is 0 Å². The molecule has 0 saturated heterocycles. The number of anilines is 1. The maximum atomic E-state index is 5.89. The molecule has 3 rings (SSSR count). The van der Waals surface area contributed by atoms with E-state index in [9.17, 15) is 0 Å². The molecule has 2 N–H and O–H groups in total. The van der Waals surface area contributed by atoms with Gasteiger partial charge in [-0.1, -0.05) is 18.2 Å². The fourth-order valence-electron chi connectivity index (χ4n) is 2.44.